The molecule has 0 radical (unpaired) electrons. The molecule has 0 aliphatic carbocycles. The molecule has 1 saturated heterocycles. The third-order valence-electron chi connectivity index (χ3n) is 7.47. The van der Waals surface area contributed by atoms with Crippen molar-refractivity contribution in [3.63, 3.8) is 0 Å². The minimum atomic E-state index is -3.86. The SMILES string of the molecule is C=CC(=O)N1C[C@H](C)N(c2nc(=O)n(-c3c(C)cccc3S(C)(=O)=O)c3nc(-c4c(F)cccc4Cl)c(F)cc23)[C@@H](C)C1. The summed E-state index contributed by atoms with van der Waals surface area (Å²) in [6, 6.07) is 8.72. The molecule has 9 nitrogen and oxygen atoms in total. The fraction of sp³-hybridized carbons (Fsp3) is 0.267. The van der Waals surface area contributed by atoms with Crippen molar-refractivity contribution in [2.75, 3.05) is 24.2 Å². The molecule has 1 aliphatic heterocycles. The summed E-state index contributed by atoms with van der Waals surface area (Å²) < 4.78 is 57.6. The van der Waals surface area contributed by atoms with Crippen molar-refractivity contribution in [1.29, 1.82) is 0 Å². The molecule has 13 heteroatoms. The Bertz CT molecular complexity index is 1950. The van der Waals surface area contributed by atoms with Crippen molar-refractivity contribution in [2.45, 2.75) is 37.8 Å². The highest BCUT2D eigenvalue weighted by Crippen LogP contribution is 2.37. The van der Waals surface area contributed by atoms with Gasteiger partial charge in [-0.25, -0.2) is 31.5 Å². The number of pyridine rings is 1. The quantitative estimate of drug-likeness (QED) is 0.295. The zero-order valence-electron chi connectivity index (χ0n) is 23.8. The lowest BCUT2D eigenvalue weighted by molar-refractivity contribution is -0.127. The molecule has 2 atom stereocenters. The number of aromatic nitrogens is 3. The van der Waals surface area contributed by atoms with Crippen LogP contribution in [0.5, 0.6) is 0 Å². The largest absolute Gasteiger partial charge is 0.355 e. The fourth-order valence-electron chi connectivity index (χ4n) is 5.67. The minimum absolute atomic E-state index is 0.00812. The molecule has 0 bridgehead atoms. The van der Waals surface area contributed by atoms with Gasteiger partial charge in [0.1, 0.15) is 17.3 Å². The molecule has 4 aromatic rings. The highest BCUT2D eigenvalue weighted by atomic mass is 35.5. The number of fused-ring (bicyclic) bond motifs is 1. The number of para-hydroxylation sites is 1. The molecule has 1 aliphatic rings. The Kier molecular flexibility index (Phi) is 7.86. The van der Waals surface area contributed by atoms with E-state index in [1.165, 1.54) is 30.3 Å². The van der Waals surface area contributed by atoms with Gasteiger partial charge in [-0.05, 0) is 56.7 Å². The van der Waals surface area contributed by atoms with E-state index in [9.17, 15) is 18.0 Å². The first-order chi connectivity index (χ1) is 20.2. The standard InChI is InChI=1S/C30H28ClF2N5O4S/c1-6-24(39)36-14-17(3)37(18(4)15-36)29-19-13-22(33)26(25-20(31)10-8-11-21(25)32)34-28(19)38(30(40)35-29)27-16(2)9-7-12-23(27)43(5,41)42/h6-13,17-18H,1,14-15H2,2-5H3/t17-,18-/m0/s1. The van der Waals surface area contributed by atoms with Crippen LogP contribution in [0.3, 0.4) is 0 Å². The molecule has 0 N–H and O–H groups in total. The number of halogens is 3. The van der Waals surface area contributed by atoms with Crippen LogP contribution in [-0.4, -0.2) is 65.2 Å². The molecule has 0 saturated carbocycles. The molecule has 5 rings (SSSR count). The van der Waals surface area contributed by atoms with Gasteiger partial charge in [-0.15, -0.1) is 0 Å². The summed E-state index contributed by atoms with van der Waals surface area (Å²) in [6.07, 6.45) is 2.23. The molecule has 1 fully saturated rings. The van der Waals surface area contributed by atoms with Gasteiger partial charge in [0.2, 0.25) is 5.91 Å². The Morgan fingerprint density at radius 1 is 1.07 bits per heavy atom. The summed E-state index contributed by atoms with van der Waals surface area (Å²) in [7, 11) is -3.86. The van der Waals surface area contributed by atoms with Crippen molar-refractivity contribution in [1.82, 2.24) is 19.4 Å². The highest BCUT2D eigenvalue weighted by molar-refractivity contribution is 7.90. The molecule has 0 spiro atoms. The number of nitrogens with zero attached hydrogens (tertiary/aromatic N) is 5. The summed E-state index contributed by atoms with van der Waals surface area (Å²) in [5.74, 6) is -1.92. The summed E-state index contributed by atoms with van der Waals surface area (Å²) >= 11 is 6.27. The molecule has 1 amide bonds. The number of carbonyl (C=O) groups excluding carboxylic acids is 1. The lowest BCUT2D eigenvalue weighted by Crippen LogP contribution is -2.58. The minimum Gasteiger partial charge on any atom is -0.347 e. The number of piperazine rings is 1. The number of anilines is 1. The molecule has 224 valence electrons. The Morgan fingerprint density at radius 3 is 2.33 bits per heavy atom. The molecule has 0 unspecified atom stereocenters. The van der Waals surface area contributed by atoms with E-state index in [0.717, 1.165) is 23.0 Å². The third kappa shape index (κ3) is 5.29. The second-order valence-corrected chi connectivity index (χ2v) is 13.0. The van der Waals surface area contributed by atoms with E-state index >= 15 is 8.78 Å². The van der Waals surface area contributed by atoms with Crippen LogP contribution in [-0.2, 0) is 14.6 Å². The van der Waals surface area contributed by atoms with E-state index in [4.69, 9.17) is 11.6 Å². The van der Waals surface area contributed by atoms with Gasteiger partial charge in [0.05, 0.1) is 26.6 Å². The van der Waals surface area contributed by atoms with Crippen LogP contribution < -0.4 is 10.6 Å². The molecular weight excluding hydrogens is 600 g/mol. The smallest absolute Gasteiger partial charge is 0.347 e. The maximum Gasteiger partial charge on any atom is 0.355 e. The van der Waals surface area contributed by atoms with Crippen LogP contribution in [0, 0.1) is 18.6 Å². The summed E-state index contributed by atoms with van der Waals surface area (Å²) in [5.41, 5.74) is -1.39. The molecule has 2 aromatic heterocycles. The summed E-state index contributed by atoms with van der Waals surface area (Å²) in [5, 5.41) is -0.0230. The van der Waals surface area contributed by atoms with E-state index < -0.39 is 32.9 Å². The van der Waals surface area contributed by atoms with E-state index in [1.54, 1.807) is 22.8 Å². The van der Waals surface area contributed by atoms with E-state index in [1.807, 2.05) is 13.8 Å². The van der Waals surface area contributed by atoms with Crippen molar-refractivity contribution in [3.8, 4) is 16.9 Å². The highest BCUT2D eigenvalue weighted by Gasteiger charge is 2.35. The second-order valence-electron chi connectivity index (χ2n) is 10.6. The summed E-state index contributed by atoms with van der Waals surface area (Å²) in [6.45, 7) is 9.38. The van der Waals surface area contributed by atoms with Crippen LogP contribution in [0.1, 0.15) is 19.4 Å². The second kappa shape index (κ2) is 11.2. The van der Waals surface area contributed by atoms with Gasteiger partial charge < -0.3 is 9.80 Å². The Labute approximate surface area is 252 Å². The first kappa shape index (κ1) is 30.3. The van der Waals surface area contributed by atoms with Gasteiger partial charge in [0.15, 0.2) is 21.3 Å². The van der Waals surface area contributed by atoms with E-state index in [0.29, 0.717) is 5.56 Å². The topological polar surface area (TPSA) is 105 Å². The first-order valence-corrected chi connectivity index (χ1v) is 15.6. The molecule has 43 heavy (non-hydrogen) atoms. The van der Waals surface area contributed by atoms with Crippen LogP contribution >= 0.6 is 11.6 Å². The molecule has 2 aromatic carbocycles. The Morgan fingerprint density at radius 2 is 1.72 bits per heavy atom. The number of sulfone groups is 1. The number of carbonyl (C=O) groups is 1. The third-order valence-corrected chi connectivity index (χ3v) is 8.92. The Hall–Kier alpha value is -4.16. The number of hydrogen-bond donors (Lipinski definition) is 0. The van der Waals surface area contributed by atoms with E-state index in [2.05, 4.69) is 16.5 Å². The van der Waals surface area contributed by atoms with Crippen molar-refractivity contribution in [2.24, 2.45) is 0 Å². The summed E-state index contributed by atoms with van der Waals surface area (Å²) in [4.78, 5) is 38.3. The Balaban J connectivity index is 1.89. The zero-order chi connectivity index (χ0) is 31.4. The van der Waals surface area contributed by atoms with Crippen LogP contribution in [0.15, 0.2) is 64.8 Å². The van der Waals surface area contributed by atoms with E-state index in [-0.39, 0.29) is 69.1 Å². The van der Waals surface area contributed by atoms with Gasteiger partial charge in [-0.1, -0.05) is 36.4 Å². The lowest BCUT2D eigenvalue weighted by atomic mass is 10.1. The van der Waals surface area contributed by atoms with Crippen LogP contribution in [0.4, 0.5) is 14.6 Å². The molecular formula is C30H28ClF2N5O4S. The fourth-order valence-corrected chi connectivity index (χ4v) is 6.85. The van der Waals surface area contributed by atoms with Gasteiger partial charge in [-0.3, -0.25) is 4.79 Å². The number of benzene rings is 2. The van der Waals surface area contributed by atoms with Gasteiger partial charge in [-0.2, -0.15) is 4.98 Å². The van der Waals surface area contributed by atoms with Crippen molar-refractivity contribution in [3.05, 3.63) is 87.8 Å². The van der Waals surface area contributed by atoms with Gasteiger partial charge in [0, 0.05) is 31.4 Å². The van der Waals surface area contributed by atoms with Gasteiger partial charge in [0.25, 0.3) is 0 Å². The van der Waals surface area contributed by atoms with Crippen molar-refractivity contribution >= 4 is 44.2 Å². The number of hydrogen-bond acceptors (Lipinski definition) is 7. The number of rotatable bonds is 5. The average Bonchev–Trinajstić information content (AvgIpc) is 2.92. The van der Waals surface area contributed by atoms with Crippen molar-refractivity contribution < 1.29 is 22.0 Å². The number of aryl methyl sites for hydroxylation is 1. The molecule has 3 heterocycles. The van der Waals surface area contributed by atoms with Gasteiger partial charge >= 0.3 is 5.69 Å². The lowest BCUT2D eigenvalue weighted by Gasteiger charge is -2.45. The maximum atomic E-state index is 15.9. The average molecular weight is 628 g/mol. The maximum absolute atomic E-state index is 15.9. The predicted octanol–water partition coefficient (Wildman–Crippen LogP) is 4.70. The van der Waals surface area contributed by atoms with Crippen LogP contribution in [0.25, 0.3) is 28.0 Å². The normalized spacial score (nSPS) is 17.4. The monoisotopic (exact) mass is 627 g/mol. The first-order valence-electron chi connectivity index (χ1n) is 13.3. The number of amides is 1. The van der Waals surface area contributed by atoms with Crippen LogP contribution in [0.2, 0.25) is 5.02 Å². The predicted molar refractivity (Wildman–Crippen MR) is 162 cm³/mol. The zero-order valence-corrected chi connectivity index (χ0v) is 25.4.